The van der Waals surface area contributed by atoms with Crippen LogP contribution in [-0.4, -0.2) is 35.1 Å². The smallest absolute Gasteiger partial charge is 0.262 e. The first kappa shape index (κ1) is 32.0. The summed E-state index contributed by atoms with van der Waals surface area (Å²) in [6.45, 7) is 2.22. The van der Waals surface area contributed by atoms with E-state index in [-0.39, 0.29) is 56.0 Å². The lowest BCUT2D eigenvalue weighted by atomic mass is 9.86. The highest BCUT2D eigenvalue weighted by atomic mass is 35.5. The maximum Gasteiger partial charge on any atom is 0.262 e. The van der Waals surface area contributed by atoms with Gasteiger partial charge < -0.3 is 19.7 Å². The van der Waals surface area contributed by atoms with Crippen molar-refractivity contribution >= 4 is 46.8 Å². The summed E-state index contributed by atoms with van der Waals surface area (Å²) >= 11 is 17.5. The van der Waals surface area contributed by atoms with Crippen LogP contribution in [0.2, 0.25) is 5.02 Å². The van der Waals surface area contributed by atoms with Gasteiger partial charge in [0.2, 0.25) is 11.8 Å². The summed E-state index contributed by atoms with van der Waals surface area (Å²) in [6.07, 6.45) is 0. The van der Waals surface area contributed by atoms with E-state index in [9.17, 15) is 19.8 Å². The Morgan fingerprint density at radius 3 is 1.89 bits per heavy atom. The predicted octanol–water partition coefficient (Wildman–Crippen LogP) is 5.60. The van der Waals surface area contributed by atoms with Gasteiger partial charge >= 0.3 is 0 Å². The minimum Gasteiger partial charge on any atom is -0.494 e. The summed E-state index contributed by atoms with van der Waals surface area (Å²) in [6, 6.07) is 17.1. The second-order valence-electron chi connectivity index (χ2n) is 10.6. The van der Waals surface area contributed by atoms with Gasteiger partial charge in [-0.05, 0) is 71.5 Å². The molecule has 0 amide bonds. The molecule has 0 radical (unpaired) electrons. The number of ether oxygens (including phenoxy) is 2. The third-order valence-electron chi connectivity index (χ3n) is 7.77. The number of aromatic nitrogens is 4. The summed E-state index contributed by atoms with van der Waals surface area (Å²) in [5, 5.41) is 24.9. The zero-order chi connectivity index (χ0) is 32.7. The van der Waals surface area contributed by atoms with Gasteiger partial charge in [-0.2, -0.15) is 0 Å². The molecule has 234 valence electrons. The van der Waals surface area contributed by atoms with Crippen LogP contribution in [0.15, 0.2) is 64.2 Å². The van der Waals surface area contributed by atoms with Crippen LogP contribution in [0.1, 0.15) is 35.1 Å². The lowest BCUT2D eigenvalue weighted by molar-refractivity contribution is 0.269. The Morgan fingerprint density at radius 1 is 0.778 bits per heavy atom. The molecule has 2 aromatic heterocycles. The maximum atomic E-state index is 13.7. The third-order valence-corrected chi connectivity index (χ3v) is 9.15. The molecular formula is C32H31ClN4O6S2. The molecule has 13 heteroatoms. The van der Waals surface area contributed by atoms with Gasteiger partial charge in [-0.25, -0.2) is 0 Å². The molecular weight excluding hydrogens is 636 g/mol. The molecule has 10 nitrogen and oxygen atoms in total. The van der Waals surface area contributed by atoms with E-state index < -0.39 is 28.8 Å². The van der Waals surface area contributed by atoms with E-state index in [1.807, 2.05) is 42.5 Å². The number of benzene rings is 3. The number of hydrogen-bond donors (Lipinski definition) is 2. The molecule has 0 spiro atoms. The standard InChI is InChI=1S/C32H31ClN4O6S2/c1-6-42-22-15-20(14-21(33)26(22)43-16-17-11-12-18-9-7-8-10-19(18)13-17)23(24-27(38)34(2)31(44)35(3)28(24)39)25-29(40)36(4)32(45)37(5)30(25)41/h7-15,23,38,40H,6,16H2,1-5H3. The Balaban J connectivity index is 1.73. The van der Waals surface area contributed by atoms with Crippen molar-refractivity contribution in [1.82, 2.24) is 18.3 Å². The number of halogens is 1. The lowest BCUT2D eigenvalue weighted by Crippen LogP contribution is -2.33. The zero-order valence-corrected chi connectivity index (χ0v) is 27.6. The van der Waals surface area contributed by atoms with Gasteiger partial charge in [0.15, 0.2) is 21.0 Å². The van der Waals surface area contributed by atoms with Gasteiger partial charge in [-0.3, -0.25) is 27.9 Å². The molecule has 0 saturated heterocycles. The molecule has 2 N–H and O–H groups in total. The Kier molecular flexibility index (Phi) is 8.92. The van der Waals surface area contributed by atoms with Crippen molar-refractivity contribution in [3.8, 4) is 23.3 Å². The van der Waals surface area contributed by atoms with Crippen molar-refractivity contribution < 1.29 is 19.7 Å². The summed E-state index contributed by atoms with van der Waals surface area (Å²) in [5.41, 5.74) is -0.571. The van der Waals surface area contributed by atoms with Gasteiger partial charge in [0, 0.05) is 28.2 Å². The highest BCUT2D eigenvalue weighted by molar-refractivity contribution is 7.71. The largest absolute Gasteiger partial charge is 0.494 e. The van der Waals surface area contributed by atoms with Crippen LogP contribution < -0.4 is 20.6 Å². The molecule has 0 aliphatic rings. The van der Waals surface area contributed by atoms with Crippen LogP contribution >= 0.6 is 36.0 Å². The third kappa shape index (κ3) is 5.65. The SMILES string of the molecule is CCOc1cc(C(c2c(O)n(C)c(=S)n(C)c2=O)c2c(O)n(C)c(=S)n(C)c2=O)cc(Cl)c1OCc1ccc2ccccc2c1. The van der Waals surface area contributed by atoms with Crippen molar-refractivity contribution in [2.75, 3.05) is 6.61 Å². The van der Waals surface area contributed by atoms with E-state index in [0.29, 0.717) is 0 Å². The molecule has 5 aromatic rings. The average molecular weight is 667 g/mol. The second kappa shape index (κ2) is 12.5. The molecule has 3 aromatic carbocycles. The number of rotatable bonds is 8. The van der Waals surface area contributed by atoms with E-state index in [4.69, 9.17) is 45.5 Å². The minimum atomic E-state index is -1.32. The number of aromatic hydroxyl groups is 2. The molecule has 0 aliphatic heterocycles. The summed E-state index contributed by atoms with van der Waals surface area (Å²) < 4.78 is 17.1. The van der Waals surface area contributed by atoms with Crippen molar-refractivity contribution in [3.05, 3.63) is 112 Å². The molecule has 0 fully saturated rings. The van der Waals surface area contributed by atoms with Gasteiger partial charge in [-0.1, -0.05) is 48.0 Å². The fourth-order valence-electron chi connectivity index (χ4n) is 5.34. The van der Waals surface area contributed by atoms with E-state index in [1.165, 1.54) is 52.5 Å². The number of hydrogen-bond acceptors (Lipinski definition) is 8. The molecule has 0 aliphatic carbocycles. The minimum absolute atomic E-state index is 0.0501. The maximum absolute atomic E-state index is 13.7. The van der Waals surface area contributed by atoms with Crippen LogP contribution in [0, 0.1) is 9.54 Å². The predicted molar refractivity (Wildman–Crippen MR) is 178 cm³/mol. The van der Waals surface area contributed by atoms with Gasteiger partial charge in [0.1, 0.15) is 6.61 Å². The quantitative estimate of drug-likeness (QED) is 0.206. The highest BCUT2D eigenvalue weighted by Crippen LogP contribution is 2.44. The number of nitrogens with zero attached hydrogens (tertiary/aromatic N) is 4. The average Bonchev–Trinajstić information content (AvgIpc) is 3.03. The zero-order valence-electron chi connectivity index (χ0n) is 25.2. The summed E-state index contributed by atoms with van der Waals surface area (Å²) in [4.78, 5) is 27.5. The van der Waals surface area contributed by atoms with Crippen molar-refractivity contribution in [3.63, 3.8) is 0 Å². The summed E-state index contributed by atoms with van der Waals surface area (Å²) in [5.74, 6) is -1.79. The molecule has 5 rings (SSSR count). The van der Waals surface area contributed by atoms with Gasteiger partial charge in [-0.15, -0.1) is 0 Å². The Hall–Kier alpha value is -4.39. The molecule has 0 atom stereocenters. The van der Waals surface area contributed by atoms with Crippen molar-refractivity contribution in [2.24, 2.45) is 28.2 Å². The molecule has 0 unspecified atom stereocenters. The molecule has 45 heavy (non-hydrogen) atoms. The normalized spacial score (nSPS) is 11.4. The highest BCUT2D eigenvalue weighted by Gasteiger charge is 2.34. The van der Waals surface area contributed by atoms with Gasteiger partial charge in [0.25, 0.3) is 11.1 Å². The fraction of sp³-hybridized carbons (Fsp3) is 0.250. The lowest BCUT2D eigenvalue weighted by Gasteiger charge is -2.24. The Bertz CT molecular complexity index is 2130. The van der Waals surface area contributed by atoms with Crippen LogP contribution in [0.25, 0.3) is 10.8 Å². The van der Waals surface area contributed by atoms with Crippen molar-refractivity contribution in [2.45, 2.75) is 19.4 Å². The van der Waals surface area contributed by atoms with E-state index in [1.54, 1.807) is 13.0 Å². The van der Waals surface area contributed by atoms with E-state index >= 15 is 0 Å². The first-order valence-corrected chi connectivity index (χ1v) is 15.1. The summed E-state index contributed by atoms with van der Waals surface area (Å²) in [7, 11) is 5.89. The topological polar surface area (TPSA) is 113 Å². The number of fused-ring (bicyclic) bond motifs is 1. The van der Waals surface area contributed by atoms with E-state index in [0.717, 1.165) is 16.3 Å². The molecule has 0 saturated carbocycles. The van der Waals surface area contributed by atoms with Crippen LogP contribution in [0.4, 0.5) is 0 Å². The second-order valence-corrected chi connectivity index (χ2v) is 11.7. The van der Waals surface area contributed by atoms with Crippen LogP contribution in [0.5, 0.6) is 23.3 Å². The van der Waals surface area contributed by atoms with Gasteiger partial charge in [0.05, 0.1) is 28.7 Å². The van der Waals surface area contributed by atoms with Crippen molar-refractivity contribution in [1.29, 1.82) is 0 Å². The van der Waals surface area contributed by atoms with Crippen LogP contribution in [-0.2, 0) is 34.8 Å². The van der Waals surface area contributed by atoms with Crippen LogP contribution in [0.3, 0.4) is 0 Å². The monoisotopic (exact) mass is 666 g/mol. The Labute approximate surface area is 273 Å². The van der Waals surface area contributed by atoms with E-state index in [2.05, 4.69) is 0 Å². The molecule has 2 heterocycles. The first-order chi connectivity index (χ1) is 21.4. The fourth-order valence-corrected chi connectivity index (χ4v) is 5.96. The Morgan fingerprint density at radius 2 is 1.33 bits per heavy atom. The molecule has 0 bridgehead atoms. The first-order valence-electron chi connectivity index (χ1n) is 13.9.